The van der Waals surface area contributed by atoms with Crippen molar-refractivity contribution in [3.8, 4) is 6.07 Å². The average molecular weight is 638 g/mol. The van der Waals surface area contributed by atoms with Crippen LogP contribution in [0.4, 0.5) is 10.1 Å². The Morgan fingerprint density at radius 3 is 2.56 bits per heavy atom. The van der Waals surface area contributed by atoms with Crippen molar-refractivity contribution < 1.29 is 9.18 Å². The highest BCUT2D eigenvalue weighted by molar-refractivity contribution is 7.80. The summed E-state index contributed by atoms with van der Waals surface area (Å²) in [5.41, 5.74) is 3.32. The predicted octanol–water partition coefficient (Wildman–Crippen LogP) is 6.83. The number of anilines is 1. The molecule has 0 bridgehead atoms. The van der Waals surface area contributed by atoms with Crippen LogP contribution in [0.5, 0.6) is 0 Å². The van der Waals surface area contributed by atoms with Crippen molar-refractivity contribution in [1.82, 2.24) is 19.8 Å². The van der Waals surface area contributed by atoms with Gasteiger partial charge in [-0.1, -0.05) is 73.4 Å². The van der Waals surface area contributed by atoms with Gasteiger partial charge in [-0.2, -0.15) is 5.26 Å². The fraction of sp³-hybridized carbons (Fsp3) is 0.250. The van der Waals surface area contributed by atoms with Gasteiger partial charge in [-0.3, -0.25) is 4.79 Å². The summed E-state index contributed by atoms with van der Waals surface area (Å²) in [6.07, 6.45) is 3.48. The normalized spacial score (nSPS) is 11.6. The zero-order valence-corrected chi connectivity index (χ0v) is 26.1. The molecule has 3 aromatic carbocycles. The zero-order valence-electron chi connectivity index (χ0n) is 23.7. The van der Waals surface area contributed by atoms with E-state index in [2.05, 4.69) is 21.7 Å². The number of nitrogens with one attached hydrogen (secondary N) is 2. The maximum atomic E-state index is 14.4. The molecule has 1 aromatic heterocycles. The summed E-state index contributed by atoms with van der Waals surface area (Å²) in [7, 11) is 0. The van der Waals surface area contributed by atoms with Crippen molar-refractivity contribution in [3.05, 3.63) is 118 Å². The van der Waals surface area contributed by atoms with Crippen LogP contribution in [0, 0.1) is 23.1 Å². The molecule has 0 aliphatic rings. The number of carbonyl (C=O) groups excluding carboxylic acids is 1. The minimum absolute atomic E-state index is 0.0427. The standard InChI is InChI=1S/C32H31Cl2FN6OS/c1-21(2)29(38-30(42)14-25-16-37-20-41(25)17-23-12-10-22(15-36)11-13-23)19-40(18-24-6-5-7-26(33)31(24)34)32(43)39-28-9-4-3-8-27(28)35/h3-13,16,20-21,29H,14,17-19H2,1-2H3,(H,38,42)(H,39,43)/t29-/m1/s1. The fourth-order valence-corrected chi connectivity index (χ4v) is 5.08. The summed E-state index contributed by atoms with van der Waals surface area (Å²) in [5, 5.41) is 16.3. The molecule has 2 N–H and O–H groups in total. The summed E-state index contributed by atoms with van der Waals surface area (Å²) < 4.78 is 16.4. The molecular formula is C32H31Cl2FN6OS. The second kappa shape index (κ2) is 15.0. The Hall–Kier alpha value is -3.97. The van der Waals surface area contributed by atoms with Gasteiger partial charge in [-0.25, -0.2) is 9.37 Å². The Kier molecular flexibility index (Phi) is 11.1. The van der Waals surface area contributed by atoms with Crippen LogP contribution in [0.25, 0.3) is 0 Å². The second-order valence-corrected chi connectivity index (χ2v) is 11.6. The van der Waals surface area contributed by atoms with E-state index in [4.69, 9.17) is 40.7 Å². The first-order chi connectivity index (χ1) is 20.6. The minimum atomic E-state index is -0.433. The number of benzene rings is 3. The maximum absolute atomic E-state index is 14.4. The number of nitrogens with zero attached hydrogens (tertiary/aromatic N) is 4. The van der Waals surface area contributed by atoms with Crippen LogP contribution in [0.2, 0.25) is 10.0 Å². The van der Waals surface area contributed by atoms with Crippen molar-refractivity contribution in [2.45, 2.75) is 39.4 Å². The number of carbonyl (C=O) groups is 1. The van der Waals surface area contributed by atoms with Gasteiger partial charge in [-0.05, 0) is 59.6 Å². The first-order valence-corrected chi connectivity index (χ1v) is 14.8. The molecule has 11 heteroatoms. The number of nitriles is 1. The third-order valence-corrected chi connectivity index (χ3v) is 8.16. The second-order valence-electron chi connectivity index (χ2n) is 10.4. The monoisotopic (exact) mass is 636 g/mol. The van der Waals surface area contributed by atoms with Crippen LogP contribution in [-0.2, 0) is 24.3 Å². The Labute approximate surface area is 266 Å². The summed E-state index contributed by atoms with van der Waals surface area (Å²) in [4.78, 5) is 19.4. The van der Waals surface area contributed by atoms with Crippen LogP contribution < -0.4 is 10.6 Å². The van der Waals surface area contributed by atoms with E-state index in [0.717, 1.165) is 16.8 Å². The van der Waals surface area contributed by atoms with Gasteiger partial charge in [0.15, 0.2) is 5.11 Å². The number of hydrogen-bond acceptors (Lipinski definition) is 4. The number of halogens is 3. The molecule has 7 nitrogen and oxygen atoms in total. The molecule has 0 unspecified atom stereocenters. The van der Waals surface area contributed by atoms with Crippen molar-refractivity contribution in [2.24, 2.45) is 5.92 Å². The Morgan fingerprint density at radius 2 is 1.86 bits per heavy atom. The Morgan fingerprint density at radius 1 is 1.12 bits per heavy atom. The Bertz CT molecular complexity index is 1620. The van der Waals surface area contributed by atoms with Gasteiger partial charge in [0.1, 0.15) is 5.82 Å². The highest BCUT2D eigenvalue weighted by atomic mass is 35.5. The van der Waals surface area contributed by atoms with E-state index in [0.29, 0.717) is 28.7 Å². The van der Waals surface area contributed by atoms with Crippen LogP contribution in [0.1, 0.15) is 36.2 Å². The highest BCUT2D eigenvalue weighted by Crippen LogP contribution is 2.27. The average Bonchev–Trinajstić information content (AvgIpc) is 3.41. The minimum Gasteiger partial charge on any atom is -0.351 e. The van der Waals surface area contributed by atoms with Gasteiger partial charge in [0.05, 0.1) is 40.1 Å². The lowest BCUT2D eigenvalue weighted by molar-refractivity contribution is -0.121. The van der Waals surface area contributed by atoms with Crippen molar-refractivity contribution in [3.63, 3.8) is 0 Å². The number of thiocarbonyl (C=S) groups is 1. The molecule has 222 valence electrons. The molecule has 4 aromatic rings. The molecule has 1 heterocycles. The molecule has 0 aliphatic heterocycles. The first-order valence-electron chi connectivity index (χ1n) is 13.6. The largest absolute Gasteiger partial charge is 0.351 e. The predicted molar refractivity (Wildman–Crippen MR) is 172 cm³/mol. The molecule has 4 rings (SSSR count). The van der Waals surface area contributed by atoms with E-state index in [1.165, 1.54) is 6.07 Å². The van der Waals surface area contributed by atoms with Gasteiger partial charge in [0.2, 0.25) is 5.91 Å². The number of para-hydroxylation sites is 1. The lowest BCUT2D eigenvalue weighted by atomic mass is 10.0. The van der Waals surface area contributed by atoms with Gasteiger partial charge in [0, 0.05) is 37.6 Å². The van der Waals surface area contributed by atoms with Crippen molar-refractivity contribution >= 4 is 52.1 Å². The first kappa shape index (κ1) is 32.0. The molecule has 0 radical (unpaired) electrons. The zero-order chi connectivity index (χ0) is 30.9. The number of imidazole rings is 1. The van der Waals surface area contributed by atoms with E-state index < -0.39 is 5.82 Å². The topological polar surface area (TPSA) is 86.0 Å². The molecule has 1 amide bonds. The summed E-state index contributed by atoms with van der Waals surface area (Å²) >= 11 is 18.5. The van der Waals surface area contributed by atoms with E-state index in [-0.39, 0.29) is 41.6 Å². The molecule has 0 spiro atoms. The van der Waals surface area contributed by atoms with Crippen LogP contribution in [0.15, 0.2) is 79.3 Å². The summed E-state index contributed by atoms with van der Waals surface area (Å²) in [6.45, 7) is 5.16. The smallest absolute Gasteiger partial charge is 0.226 e. The summed E-state index contributed by atoms with van der Waals surface area (Å²) in [5.74, 6) is -0.563. The quantitative estimate of drug-likeness (QED) is 0.176. The number of rotatable bonds is 11. The molecule has 0 saturated heterocycles. The molecule has 0 saturated carbocycles. The molecule has 1 atom stereocenters. The van der Waals surface area contributed by atoms with Gasteiger partial charge in [0.25, 0.3) is 0 Å². The SMILES string of the molecule is CC(C)[C@@H](CN(Cc1cccc(Cl)c1Cl)C(=S)Nc1ccccc1F)NC(=O)Cc1cncn1Cc1ccc(C#N)cc1. The third-order valence-electron chi connectivity index (χ3n) is 6.94. The molecular weight excluding hydrogens is 606 g/mol. The van der Waals surface area contributed by atoms with Gasteiger partial charge < -0.3 is 20.1 Å². The van der Waals surface area contributed by atoms with E-state index in [9.17, 15) is 9.18 Å². The van der Waals surface area contributed by atoms with Crippen LogP contribution in [-0.4, -0.2) is 38.1 Å². The lowest BCUT2D eigenvalue weighted by Gasteiger charge is -2.33. The van der Waals surface area contributed by atoms with Gasteiger partial charge in [-0.15, -0.1) is 0 Å². The number of aromatic nitrogens is 2. The van der Waals surface area contributed by atoms with E-state index in [1.54, 1.807) is 55.0 Å². The maximum Gasteiger partial charge on any atom is 0.226 e. The molecule has 43 heavy (non-hydrogen) atoms. The van der Waals surface area contributed by atoms with Crippen molar-refractivity contribution in [2.75, 3.05) is 11.9 Å². The third kappa shape index (κ3) is 8.77. The highest BCUT2D eigenvalue weighted by Gasteiger charge is 2.24. The van der Waals surface area contributed by atoms with E-state index >= 15 is 0 Å². The van der Waals surface area contributed by atoms with E-state index in [1.807, 2.05) is 41.5 Å². The Balaban J connectivity index is 1.49. The summed E-state index contributed by atoms with van der Waals surface area (Å²) in [6, 6.07) is 20.7. The number of amides is 1. The molecule has 0 fully saturated rings. The fourth-order valence-electron chi connectivity index (χ4n) is 4.45. The lowest BCUT2D eigenvalue weighted by Crippen LogP contribution is -2.49. The van der Waals surface area contributed by atoms with Crippen LogP contribution in [0.3, 0.4) is 0 Å². The number of hydrogen-bond donors (Lipinski definition) is 2. The van der Waals surface area contributed by atoms with Gasteiger partial charge >= 0.3 is 0 Å². The van der Waals surface area contributed by atoms with Crippen molar-refractivity contribution in [1.29, 1.82) is 5.26 Å². The molecule has 0 aliphatic carbocycles. The van der Waals surface area contributed by atoms with Crippen LogP contribution >= 0.6 is 35.4 Å².